The van der Waals surface area contributed by atoms with Gasteiger partial charge in [0.2, 0.25) is 0 Å². The van der Waals surface area contributed by atoms with E-state index in [1.807, 2.05) is 18.2 Å². The molecule has 0 bridgehead atoms. The zero-order chi connectivity index (χ0) is 13.2. The van der Waals surface area contributed by atoms with Gasteiger partial charge < -0.3 is 21.0 Å². The van der Waals surface area contributed by atoms with Gasteiger partial charge in [0, 0.05) is 38.8 Å². The third-order valence-electron chi connectivity index (χ3n) is 3.63. The molecule has 2 heterocycles. The fourth-order valence-corrected chi connectivity index (χ4v) is 2.56. The summed E-state index contributed by atoms with van der Waals surface area (Å²) in [5.74, 6) is 0. The molecule has 1 aromatic heterocycles. The molecule has 0 amide bonds. The minimum absolute atomic E-state index is 0.0269. The molecule has 1 unspecified atom stereocenters. The Morgan fingerprint density at radius 3 is 2.74 bits per heavy atom. The van der Waals surface area contributed by atoms with Crippen LogP contribution >= 0.6 is 0 Å². The first-order valence-corrected chi connectivity index (χ1v) is 6.63. The molecule has 0 aliphatic carbocycles. The Kier molecular flexibility index (Phi) is 3.37. The number of H-pyrrole nitrogens is 2. The molecule has 0 spiro atoms. The first-order valence-electron chi connectivity index (χ1n) is 6.63. The molecule has 0 saturated carbocycles. The second-order valence-corrected chi connectivity index (χ2v) is 5.04. The van der Waals surface area contributed by atoms with Crippen LogP contribution in [-0.4, -0.2) is 47.6 Å². The van der Waals surface area contributed by atoms with Crippen LogP contribution in [0.25, 0.3) is 11.0 Å². The van der Waals surface area contributed by atoms with Gasteiger partial charge in [-0.1, -0.05) is 6.07 Å². The van der Waals surface area contributed by atoms with E-state index in [4.69, 9.17) is 5.73 Å². The molecule has 1 fully saturated rings. The van der Waals surface area contributed by atoms with Crippen LogP contribution in [0.5, 0.6) is 0 Å². The smallest absolute Gasteiger partial charge is 0.323 e. The Labute approximate surface area is 111 Å². The molecule has 6 heteroatoms. The van der Waals surface area contributed by atoms with Gasteiger partial charge in [0.25, 0.3) is 0 Å². The number of nitrogens with one attached hydrogen (secondary N) is 3. The fourth-order valence-electron chi connectivity index (χ4n) is 2.56. The van der Waals surface area contributed by atoms with E-state index in [0.717, 1.165) is 49.3 Å². The van der Waals surface area contributed by atoms with Crippen LogP contribution in [0, 0.1) is 0 Å². The maximum absolute atomic E-state index is 11.2. The molecule has 0 radical (unpaired) electrons. The highest BCUT2D eigenvalue weighted by molar-refractivity contribution is 5.75. The Balaban J connectivity index is 1.76. The van der Waals surface area contributed by atoms with Gasteiger partial charge in [-0.25, -0.2) is 4.79 Å². The third-order valence-corrected chi connectivity index (χ3v) is 3.63. The molecule has 1 aliphatic rings. The van der Waals surface area contributed by atoms with Crippen molar-refractivity contribution >= 4 is 11.0 Å². The van der Waals surface area contributed by atoms with E-state index in [0.29, 0.717) is 0 Å². The summed E-state index contributed by atoms with van der Waals surface area (Å²) in [7, 11) is 0. The zero-order valence-electron chi connectivity index (χ0n) is 10.8. The first-order chi connectivity index (χ1) is 9.22. The van der Waals surface area contributed by atoms with Crippen molar-refractivity contribution in [1.29, 1.82) is 0 Å². The summed E-state index contributed by atoms with van der Waals surface area (Å²) in [4.78, 5) is 19.1. The van der Waals surface area contributed by atoms with Crippen molar-refractivity contribution in [2.24, 2.45) is 5.73 Å². The quantitative estimate of drug-likeness (QED) is 0.614. The Bertz CT molecular complexity index is 611. The molecule has 102 valence electrons. The molecule has 1 aliphatic heterocycles. The summed E-state index contributed by atoms with van der Waals surface area (Å²) in [6, 6.07) is 5.82. The molecule has 5 N–H and O–H groups in total. The van der Waals surface area contributed by atoms with Crippen molar-refractivity contribution in [3.8, 4) is 0 Å². The SMILES string of the molecule is NC(CN1CCNCC1)c1ccc2[nH]c(=O)[nH]c2c1. The van der Waals surface area contributed by atoms with Gasteiger partial charge in [0.05, 0.1) is 11.0 Å². The van der Waals surface area contributed by atoms with E-state index in [2.05, 4.69) is 20.2 Å². The predicted molar refractivity (Wildman–Crippen MR) is 75.2 cm³/mol. The van der Waals surface area contributed by atoms with E-state index in [9.17, 15) is 4.79 Å². The van der Waals surface area contributed by atoms with Crippen molar-refractivity contribution in [2.45, 2.75) is 6.04 Å². The number of nitrogens with two attached hydrogens (primary N) is 1. The van der Waals surface area contributed by atoms with E-state index in [1.54, 1.807) is 0 Å². The van der Waals surface area contributed by atoms with Crippen LogP contribution in [0.1, 0.15) is 11.6 Å². The number of imidazole rings is 1. The standard InChI is InChI=1S/C13H19N5O/c14-10(8-18-5-3-15-4-6-18)9-1-2-11-12(7-9)17-13(19)16-11/h1-2,7,10,15H,3-6,8,14H2,(H2,16,17,19). The number of nitrogens with zero attached hydrogens (tertiary/aromatic N) is 1. The van der Waals surface area contributed by atoms with E-state index < -0.39 is 0 Å². The van der Waals surface area contributed by atoms with E-state index >= 15 is 0 Å². The molecule has 19 heavy (non-hydrogen) atoms. The van der Waals surface area contributed by atoms with Crippen molar-refractivity contribution in [3.05, 3.63) is 34.2 Å². The maximum atomic E-state index is 11.2. The lowest BCUT2D eigenvalue weighted by Crippen LogP contribution is -2.45. The summed E-state index contributed by atoms with van der Waals surface area (Å²) in [5, 5.41) is 3.33. The molecule has 1 atom stereocenters. The van der Waals surface area contributed by atoms with Crippen molar-refractivity contribution in [1.82, 2.24) is 20.2 Å². The van der Waals surface area contributed by atoms with Crippen molar-refractivity contribution in [3.63, 3.8) is 0 Å². The minimum atomic E-state index is -0.178. The van der Waals surface area contributed by atoms with Gasteiger partial charge in [-0.05, 0) is 17.7 Å². The van der Waals surface area contributed by atoms with E-state index in [1.165, 1.54) is 0 Å². The topological polar surface area (TPSA) is 89.9 Å². The normalized spacial score (nSPS) is 18.8. The monoisotopic (exact) mass is 261 g/mol. The van der Waals surface area contributed by atoms with Crippen LogP contribution in [0.4, 0.5) is 0 Å². The van der Waals surface area contributed by atoms with Gasteiger partial charge in [0.15, 0.2) is 0 Å². The summed E-state index contributed by atoms with van der Waals surface area (Å²) < 4.78 is 0. The highest BCUT2D eigenvalue weighted by atomic mass is 16.1. The van der Waals surface area contributed by atoms with Gasteiger partial charge >= 0.3 is 5.69 Å². The second kappa shape index (κ2) is 5.16. The van der Waals surface area contributed by atoms with Crippen LogP contribution in [0.15, 0.2) is 23.0 Å². The minimum Gasteiger partial charge on any atom is -0.323 e. The van der Waals surface area contributed by atoms with Crippen LogP contribution in [0.2, 0.25) is 0 Å². The van der Waals surface area contributed by atoms with Crippen LogP contribution < -0.4 is 16.7 Å². The molecule has 1 saturated heterocycles. The average Bonchev–Trinajstić information content (AvgIpc) is 2.78. The number of benzene rings is 1. The highest BCUT2D eigenvalue weighted by Gasteiger charge is 2.15. The van der Waals surface area contributed by atoms with Gasteiger partial charge in [-0.2, -0.15) is 0 Å². The lowest BCUT2D eigenvalue weighted by Gasteiger charge is -2.29. The zero-order valence-corrected chi connectivity index (χ0v) is 10.8. The fraction of sp³-hybridized carbons (Fsp3) is 0.462. The Morgan fingerprint density at radius 1 is 1.21 bits per heavy atom. The number of aromatic nitrogens is 2. The Hall–Kier alpha value is -1.63. The number of rotatable bonds is 3. The molecule has 2 aromatic rings. The number of hydrogen-bond donors (Lipinski definition) is 4. The van der Waals surface area contributed by atoms with Gasteiger partial charge in [-0.3, -0.25) is 4.90 Å². The number of aromatic amines is 2. The first kappa shape index (κ1) is 12.4. The summed E-state index contributed by atoms with van der Waals surface area (Å²) in [6.45, 7) is 4.98. The number of fused-ring (bicyclic) bond motifs is 1. The molecular weight excluding hydrogens is 242 g/mol. The van der Waals surface area contributed by atoms with Crippen LogP contribution in [0.3, 0.4) is 0 Å². The maximum Gasteiger partial charge on any atom is 0.323 e. The number of hydrogen-bond acceptors (Lipinski definition) is 4. The average molecular weight is 261 g/mol. The molecule has 1 aromatic carbocycles. The van der Waals surface area contributed by atoms with Crippen LogP contribution in [-0.2, 0) is 0 Å². The van der Waals surface area contributed by atoms with Crippen molar-refractivity contribution < 1.29 is 0 Å². The second-order valence-electron chi connectivity index (χ2n) is 5.04. The van der Waals surface area contributed by atoms with Gasteiger partial charge in [-0.15, -0.1) is 0 Å². The van der Waals surface area contributed by atoms with E-state index in [-0.39, 0.29) is 11.7 Å². The molecular formula is C13H19N5O. The largest absolute Gasteiger partial charge is 0.323 e. The Morgan fingerprint density at radius 2 is 1.95 bits per heavy atom. The summed E-state index contributed by atoms with van der Waals surface area (Å²) in [6.07, 6.45) is 0. The predicted octanol–water partition coefficient (Wildman–Crippen LogP) is -0.239. The number of piperazine rings is 1. The lowest BCUT2D eigenvalue weighted by atomic mass is 10.1. The molecule has 6 nitrogen and oxygen atoms in total. The third kappa shape index (κ3) is 2.70. The molecule has 3 rings (SSSR count). The summed E-state index contributed by atoms with van der Waals surface area (Å²) in [5.41, 5.74) is 8.78. The van der Waals surface area contributed by atoms with Crippen molar-refractivity contribution in [2.75, 3.05) is 32.7 Å². The lowest BCUT2D eigenvalue weighted by molar-refractivity contribution is 0.228. The van der Waals surface area contributed by atoms with Gasteiger partial charge in [0.1, 0.15) is 0 Å². The highest BCUT2D eigenvalue weighted by Crippen LogP contribution is 2.16. The summed E-state index contributed by atoms with van der Waals surface area (Å²) >= 11 is 0.